The van der Waals surface area contributed by atoms with Crippen molar-refractivity contribution in [2.45, 2.75) is 6.54 Å². The summed E-state index contributed by atoms with van der Waals surface area (Å²) in [7, 11) is 0. The topological polar surface area (TPSA) is 110 Å². The Balaban J connectivity index is 1.78. The van der Waals surface area contributed by atoms with Crippen molar-refractivity contribution in [1.82, 2.24) is 10.3 Å². The molecule has 0 spiro atoms. The van der Waals surface area contributed by atoms with Crippen molar-refractivity contribution in [3.63, 3.8) is 0 Å². The van der Waals surface area contributed by atoms with Crippen LogP contribution in [0.3, 0.4) is 0 Å². The van der Waals surface area contributed by atoms with Crippen LogP contribution < -0.4 is 15.8 Å². The van der Waals surface area contributed by atoms with Gasteiger partial charge in [-0.05, 0) is 24.3 Å². The van der Waals surface area contributed by atoms with E-state index in [1.54, 1.807) is 30.5 Å². The Hall–Kier alpha value is -2.61. The predicted octanol–water partition coefficient (Wildman–Crippen LogP) is 0.933. The summed E-state index contributed by atoms with van der Waals surface area (Å²) >= 11 is 1.48. The molecule has 2 rings (SSSR count). The molecular weight excluding hydrogens is 292 g/mol. The van der Waals surface area contributed by atoms with Crippen molar-refractivity contribution in [2.24, 2.45) is 10.9 Å². The van der Waals surface area contributed by atoms with E-state index in [0.717, 1.165) is 5.01 Å². The first kappa shape index (κ1) is 14.8. The van der Waals surface area contributed by atoms with Crippen molar-refractivity contribution in [3.8, 4) is 5.75 Å². The predicted molar refractivity (Wildman–Crippen MR) is 78.4 cm³/mol. The number of rotatable bonds is 6. The number of oxime groups is 1. The monoisotopic (exact) mass is 306 g/mol. The number of nitrogens with zero attached hydrogens (tertiary/aromatic N) is 2. The van der Waals surface area contributed by atoms with Crippen LogP contribution in [-0.4, -0.2) is 28.5 Å². The Morgan fingerprint density at radius 2 is 2.19 bits per heavy atom. The van der Waals surface area contributed by atoms with Gasteiger partial charge in [0.05, 0.1) is 6.54 Å². The molecule has 0 fully saturated rings. The van der Waals surface area contributed by atoms with Crippen molar-refractivity contribution < 1.29 is 14.7 Å². The number of benzene rings is 1. The maximum Gasteiger partial charge on any atom is 0.258 e. The fourth-order valence-electron chi connectivity index (χ4n) is 1.49. The van der Waals surface area contributed by atoms with Gasteiger partial charge in [0, 0.05) is 17.1 Å². The van der Waals surface area contributed by atoms with E-state index >= 15 is 0 Å². The number of nitrogens with two attached hydrogens (primary N) is 1. The van der Waals surface area contributed by atoms with Crippen molar-refractivity contribution in [3.05, 3.63) is 46.4 Å². The molecule has 1 aromatic heterocycles. The van der Waals surface area contributed by atoms with Crippen LogP contribution in [0.15, 0.2) is 41.0 Å². The van der Waals surface area contributed by atoms with Crippen molar-refractivity contribution in [1.29, 1.82) is 0 Å². The molecule has 2 aromatic rings. The van der Waals surface area contributed by atoms with Gasteiger partial charge in [-0.3, -0.25) is 4.79 Å². The maximum absolute atomic E-state index is 11.6. The fourth-order valence-corrected chi connectivity index (χ4v) is 2.05. The van der Waals surface area contributed by atoms with E-state index in [-0.39, 0.29) is 18.3 Å². The van der Waals surface area contributed by atoms with Crippen LogP contribution in [0.2, 0.25) is 0 Å². The number of thiazole rings is 1. The lowest BCUT2D eigenvalue weighted by molar-refractivity contribution is -0.123. The number of amides is 1. The zero-order chi connectivity index (χ0) is 15.1. The first-order valence-corrected chi connectivity index (χ1v) is 6.93. The van der Waals surface area contributed by atoms with Gasteiger partial charge in [0.25, 0.3) is 5.91 Å². The number of aromatic nitrogens is 1. The van der Waals surface area contributed by atoms with E-state index in [1.165, 1.54) is 11.3 Å². The van der Waals surface area contributed by atoms with Crippen molar-refractivity contribution in [2.75, 3.05) is 6.61 Å². The standard InChI is InChI=1S/C13H14N4O3S/c14-13(17-19)9-1-3-10(4-2-9)20-8-11(18)16-7-12-15-5-6-21-12/h1-6,19H,7-8H2,(H2,14,17)(H,16,18). The Bertz CT molecular complexity index is 611. The molecule has 110 valence electrons. The van der Waals surface area contributed by atoms with Gasteiger partial charge in [0.15, 0.2) is 12.4 Å². The molecule has 0 unspecified atom stereocenters. The molecule has 0 bridgehead atoms. The fraction of sp³-hybridized carbons (Fsp3) is 0.154. The summed E-state index contributed by atoms with van der Waals surface area (Å²) in [6, 6.07) is 6.55. The zero-order valence-electron chi connectivity index (χ0n) is 11.0. The van der Waals surface area contributed by atoms with E-state index in [2.05, 4.69) is 15.5 Å². The van der Waals surface area contributed by atoms with Crippen LogP contribution in [0.1, 0.15) is 10.6 Å². The third kappa shape index (κ3) is 4.46. The highest BCUT2D eigenvalue weighted by Gasteiger charge is 2.05. The molecule has 7 nitrogen and oxygen atoms in total. The van der Waals surface area contributed by atoms with E-state index in [1.807, 2.05) is 5.38 Å². The second-order valence-corrected chi connectivity index (χ2v) is 4.98. The van der Waals surface area contributed by atoms with Gasteiger partial charge in [-0.25, -0.2) is 4.98 Å². The summed E-state index contributed by atoms with van der Waals surface area (Å²) < 4.78 is 5.33. The van der Waals surface area contributed by atoms with Gasteiger partial charge in [-0.2, -0.15) is 0 Å². The quantitative estimate of drug-likeness (QED) is 0.318. The molecule has 1 heterocycles. The molecular formula is C13H14N4O3S. The molecule has 0 aliphatic rings. The summed E-state index contributed by atoms with van der Waals surface area (Å²) in [6.45, 7) is 0.302. The maximum atomic E-state index is 11.6. The lowest BCUT2D eigenvalue weighted by Gasteiger charge is -2.07. The molecule has 0 saturated heterocycles. The Labute approximate surface area is 125 Å². The molecule has 21 heavy (non-hydrogen) atoms. The summed E-state index contributed by atoms with van der Waals surface area (Å²) in [6.07, 6.45) is 1.69. The summed E-state index contributed by atoms with van der Waals surface area (Å²) in [5, 5.41) is 16.8. The number of nitrogens with one attached hydrogen (secondary N) is 1. The SMILES string of the molecule is NC(=NO)c1ccc(OCC(=O)NCc2nccs2)cc1. The number of carbonyl (C=O) groups is 1. The lowest BCUT2D eigenvalue weighted by Crippen LogP contribution is -2.28. The highest BCUT2D eigenvalue weighted by atomic mass is 32.1. The molecule has 4 N–H and O–H groups in total. The zero-order valence-corrected chi connectivity index (χ0v) is 11.8. The van der Waals surface area contributed by atoms with Crippen LogP contribution >= 0.6 is 11.3 Å². The molecule has 0 atom stereocenters. The highest BCUT2D eigenvalue weighted by Crippen LogP contribution is 2.12. The minimum atomic E-state index is -0.231. The van der Waals surface area contributed by atoms with Crippen LogP contribution in [0.25, 0.3) is 0 Å². The molecule has 1 amide bonds. The van der Waals surface area contributed by atoms with E-state index in [0.29, 0.717) is 17.9 Å². The first-order valence-electron chi connectivity index (χ1n) is 6.05. The van der Waals surface area contributed by atoms with Crippen LogP contribution in [0.4, 0.5) is 0 Å². The molecule has 0 radical (unpaired) electrons. The van der Waals surface area contributed by atoms with Crippen LogP contribution in [-0.2, 0) is 11.3 Å². The third-order valence-electron chi connectivity index (χ3n) is 2.55. The smallest absolute Gasteiger partial charge is 0.258 e. The number of ether oxygens (including phenoxy) is 1. The second-order valence-electron chi connectivity index (χ2n) is 4.00. The third-order valence-corrected chi connectivity index (χ3v) is 3.33. The van der Waals surface area contributed by atoms with Gasteiger partial charge in [-0.15, -0.1) is 11.3 Å². The summed E-state index contributed by atoms with van der Waals surface area (Å²) in [5.74, 6) is 0.308. The molecule has 0 saturated carbocycles. The van der Waals surface area contributed by atoms with Crippen LogP contribution in [0, 0.1) is 0 Å². The van der Waals surface area contributed by atoms with E-state index in [9.17, 15) is 4.79 Å². The Morgan fingerprint density at radius 3 is 2.81 bits per heavy atom. The Morgan fingerprint density at radius 1 is 1.43 bits per heavy atom. The first-order chi connectivity index (χ1) is 10.2. The molecule has 1 aromatic carbocycles. The highest BCUT2D eigenvalue weighted by molar-refractivity contribution is 7.09. The second kappa shape index (κ2) is 7.25. The number of carbonyl (C=O) groups excluding carboxylic acids is 1. The van der Waals surface area contributed by atoms with E-state index in [4.69, 9.17) is 15.7 Å². The van der Waals surface area contributed by atoms with Gasteiger partial charge in [0.2, 0.25) is 0 Å². The van der Waals surface area contributed by atoms with Gasteiger partial charge in [0.1, 0.15) is 10.8 Å². The lowest BCUT2D eigenvalue weighted by atomic mass is 10.2. The van der Waals surface area contributed by atoms with Crippen LogP contribution in [0.5, 0.6) is 5.75 Å². The minimum absolute atomic E-state index is 0.0164. The average molecular weight is 306 g/mol. The number of amidine groups is 1. The molecule has 8 heteroatoms. The van der Waals surface area contributed by atoms with E-state index < -0.39 is 0 Å². The van der Waals surface area contributed by atoms with Gasteiger partial charge < -0.3 is 21.0 Å². The average Bonchev–Trinajstić information content (AvgIpc) is 3.04. The normalized spacial score (nSPS) is 11.1. The summed E-state index contributed by atoms with van der Waals surface area (Å²) in [5.41, 5.74) is 6.01. The Kier molecular flexibility index (Phi) is 5.10. The largest absolute Gasteiger partial charge is 0.484 e. The number of hydrogen-bond donors (Lipinski definition) is 3. The van der Waals surface area contributed by atoms with Crippen molar-refractivity contribution >= 4 is 23.1 Å². The number of hydrogen-bond acceptors (Lipinski definition) is 6. The van der Waals surface area contributed by atoms with Gasteiger partial charge >= 0.3 is 0 Å². The molecule has 0 aliphatic heterocycles. The van der Waals surface area contributed by atoms with Gasteiger partial charge in [-0.1, -0.05) is 5.16 Å². The molecule has 0 aliphatic carbocycles. The summed E-state index contributed by atoms with van der Waals surface area (Å²) in [4.78, 5) is 15.7. The minimum Gasteiger partial charge on any atom is -0.484 e.